The molecule has 1 N–H and O–H groups in total. The molecule has 4 rings (SSSR count). The SMILES string of the molecule is CCc1nn(C(C)C)c(=O)c(C(Cc2cccc(F)c2)c2cccc(F)c2)c1-c1ccccc1O. The van der Waals surface area contributed by atoms with E-state index in [4.69, 9.17) is 0 Å². The summed E-state index contributed by atoms with van der Waals surface area (Å²) in [6.07, 6.45) is 0.780. The fourth-order valence-electron chi connectivity index (χ4n) is 4.53. The number of aromatic hydroxyl groups is 1. The summed E-state index contributed by atoms with van der Waals surface area (Å²) in [4.78, 5) is 14.0. The standard InChI is InChI=1S/C29H28F2N2O2/c1-4-25-27(23-13-5-6-14-26(23)34)28(29(35)33(32-25)18(2)3)24(20-10-8-12-22(31)17-20)16-19-9-7-11-21(30)15-19/h5-15,17-18,24,34H,4,16H2,1-3H3. The average Bonchev–Trinajstić information content (AvgIpc) is 2.83. The van der Waals surface area contributed by atoms with E-state index in [1.54, 1.807) is 48.5 Å². The highest BCUT2D eigenvalue weighted by molar-refractivity contribution is 5.76. The Labute approximate surface area is 203 Å². The van der Waals surface area contributed by atoms with Crippen LogP contribution in [0.2, 0.25) is 0 Å². The third kappa shape index (κ3) is 5.02. The second-order valence-electron chi connectivity index (χ2n) is 8.89. The van der Waals surface area contributed by atoms with Gasteiger partial charge in [-0.2, -0.15) is 5.10 Å². The monoisotopic (exact) mass is 474 g/mol. The van der Waals surface area contributed by atoms with Gasteiger partial charge < -0.3 is 5.11 Å². The van der Waals surface area contributed by atoms with Crippen LogP contribution < -0.4 is 5.56 Å². The van der Waals surface area contributed by atoms with E-state index in [-0.39, 0.29) is 29.6 Å². The minimum atomic E-state index is -0.604. The van der Waals surface area contributed by atoms with E-state index in [1.165, 1.54) is 28.9 Å². The van der Waals surface area contributed by atoms with Crippen LogP contribution in [0.3, 0.4) is 0 Å². The molecule has 1 aromatic heterocycles. The van der Waals surface area contributed by atoms with E-state index in [0.29, 0.717) is 39.9 Å². The molecule has 0 aliphatic heterocycles. The van der Waals surface area contributed by atoms with Crippen molar-refractivity contribution >= 4 is 0 Å². The molecule has 4 aromatic rings. The third-order valence-corrected chi connectivity index (χ3v) is 6.15. The number of halogens is 2. The second-order valence-corrected chi connectivity index (χ2v) is 8.89. The molecular formula is C29H28F2N2O2. The molecule has 35 heavy (non-hydrogen) atoms. The zero-order chi connectivity index (χ0) is 25.1. The van der Waals surface area contributed by atoms with Gasteiger partial charge in [-0.05, 0) is 68.1 Å². The van der Waals surface area contributed by atoms with Crippen LogP contribution in [0.25, 0.3) is 11.1 Å². The minimum absolute atomic E-state index is 0.0238. The molecule has 1 heterocycles. The fraction of sp³-hybridized carbons (Fsp3) is 0.241. The van der Waals surface area contributed by atoms with Crippen molar-refractivity contribution in [2.45, 2.75) is 45.6 Å². The van der Waals surface area contributed by atoms with Crippen molar-refractivity contribution in [2.24, 2.45) is 0 Å². The molecule has 0 saturated heterocycles. The van der Waals surface area contributed by atoms with Gasteiger partial charge in [0, 0.05) is 22.6 Å². The summed E-state index contributed by atoms with van der Waals surface area (Å²) in [5, 5.41) is 15.4. The molecule has 1 atom stereocenters. The van der Waals surface area contributed by atoms with Gasteiger partial charge in [-0.3, -0.25) is 4.79 Å². The largest absolute Gasteiger partial charge is 0.507 e. The molecule has 0 radical (unpaired) electrons. The zero-order valence-corrected chi connectivity index (χ0v) is 20.0. The molecule has 3 aromatic carbocycles. The van der Waals surface area contributed by atoms with Crippen LogP contribution in [-0.4, -0.2) is 14.9 Å². The van der Waals surface area contributed by atoms with Crippen LogP contribution in [-0.2, 0) is 12.8 Å². The zero-order valence-electron chi connectivity index (χ0n) is 20.0. The predicted molar refractivity (Wildman–Crippen MR) is 134 cm³/mol. The highest BCUT2D eigenvalue weighted by atomic mass is 19.1. The number of rotatable bonds is 7. The molecule has 0 aliphatic rings. The summed E-state index contributed by atoms with van der Waals surface area (Å²) < 4.78 is 29.9. The van der Waals surface area contributed by atoms with Gasteiger partial charge in [-0.25, -0.2) is 13.5 Å². The van der Waals surface area contributed by atoms with E-state index < -0.39 is 11.7 Å². The number of para-hydroxylation sites is 1. The van der Waals surface area contributed by atoms with Crippen molar-refractivity contribution in [1.29, 1.82) is 0 Å². The number of hydrogen-bond donors (Lipinski definition) is 1. The molecule has 180 valence electrons. The number of hydrogen-bond acceptors (Lipinski definition) is 3. The van der Waals surface area contributed by atoms with Crippen LogP contribution in [0.15, 0.2) is 77.6 Å². The summed E-state index contributed by atoms with van der Waals surface area (Å²) in [6, 6.07) is 18.9. The average molecular weight is 475 g/mol. The smallest absolute Gasteiger partial charge is 0.271 e. The van der Waals surface area contributed by atoms with Gasteiger partial charge in [0.1, 0.15) is 17.4 Å². The van der Waals surface area contributed by atoms with E-state index in [9.17, 15) is 18.7 Å². The van der Waals surface area contributed by atoms with Crippen LogP contribution in [0.4, 0.5) is 8.78 Å². The molecule has 0 amide bonds. The molecule has 0 saturated carbocycles. The highest BCUT2D eigenvalue weighted by Gasteiger charge is 2.28. The third-order valence-electron chi connectivity index (χ3n) is 6.15. The van der Waals surface area contributed by atoms with E-state index in [1.807, 2.05) is 20.8 Å². The highest BCUT2D eigenvalue weighted by Crippen LogP contribution is 2.39. The van der Waals surface area contributed by atoms with Crippen molar-refractivity contribution in [3.05, 3.63) is 117 Å². The van der Waals surface area contributed by atoms with Crippen molar-refractivity contribution in [3.63, 3.8) is 0 Å². The van der Waals surface area contributed by atoms with Gasteiger partial charge in [0.15, 0.2) is 0 Å². The Kier molecular flexibility index (Phi) is 7.10. The quantitative estimate of drug-likeness (QED) is 0.337. The first-order valence-electron chi connectivity index (χ1n) is 11.7. The predicted octanol–water partition coefficient (Wildman–Crippen LogP) is 6.41. The number of aryl methyl sites for hydroxylation is 1. The number of phenols is 1. The lowest BCUT2D eigenvalue weighted by atomic mass is 9.81. The first-order chi connectivity index (χ1) is 16.8. The van der Waals surface area contributed by atoms with Gasteiger partial charge in [0.25, 0.3) is 5.56 Å². The molecule has 6 heteroatoms. The van der Waals surface area contributed by atoms with E-state index in [0.717, 1.165) is 0 Å². The van der Waals surface area contributed by atoms with Crippen molar-refractivity contribution in [1.82, 2.24) is 9.78 Å². The van der Waals surface area contributed by atoms with Gasteiger partial charge >= 0.3 is 0 Å². The fourth-order valence-corrected chi connectivity index (χ4v) is 4.53. The Morgan fingerprint density at radius 3 is 2.26 bits per heavy atom. The molecule has 0 fully saturated rings. The summed E-state index contributed by atoms with van der Waals surface area (Å²) in [7, 11) is 0. The Balaban J connectivity index is 2.09. The summed E-state index contributed by atoms with van der Waals surface area (Å²) in [5.74, 6) is -1.39. The number of aromatic nitrogens is 2. The maximum atomic E-state index is 14.4. The molecule has 0 aliphatic carbocycles. The maximum absolute atomic E-state index is 14.4. The van der Waals surface area contributed by atoms with Gasteiger partial charge in [0.2, 0.25) is 0 Å². The van der Waals surface area contributed by atoms with Gasteiger partial charge in [-0.1, -0.05) is 49.4 Å². The van der Waals surface area contributed by atoms with E-state index >= 15 is 0 Å². The van der Waals surface area contributed by atoms with Crippen LogP contribution in [0.1, 0.15) is 55.1 Å². The Bertz CT molecular complexity index is 1410. The van der Waals surface area contributed by atoms with Crippen LogP contribution in [0, 0.1) is 11.6 Å². The molecular weight excluding hydrogens is 446 g/mol. The van der Waals surface area contributed by atoms with Crippen LogP contribution in [0.5, 0.6) is 5.75 Å². The minimum Gasteiger partial charge on any atom is -0.507 e. The summed E-state index contributed by atoms with van der Waals surface area (Å²) in [5.41, 5.74) is 3.02. The number of nitrogens with zero attached hydrogens (tertiary/aromatic N) is 2. The molecule has 0 bridgehead atoms. The Hall–Kier alpha value is -3.80. The first kappa shape index (κ1) is 24.3. The molecule has 1 unspecified atom stereocenters. The molecule has 4 nitrogen and oxygen atoms in total. The topological polar surface area (TPSA) is 55.1 Å². The van der Waals surface area contributed by atoms with Crippen LogP contribution >= 0.6 is 0 Å². The normalized spacial score (nSPS) is 12.2. The first-order valence-corrected chi connectivity index (χ1v) is 11.7. The number of phenolic OH excluding ortho intramolecular Hbond substituents is 1. The van der Waals surface area contributed by atoms with Crippen molar-refractivity contribution < 1.29 is 13.9 Å². The number of benzene rings is 3. The van der Waals surface area contributed by atoms with Crippen molar-refractivity contribution in [2.75, 3.05) is 0 Å². The lowest BCUT2D eigenvalue weighted by Crippen LogP contribution is -2.32. The second kappa shape index (κ2) is 10.2. The Morgan fingerprint density at radius 1 is 0.943 bits per heavy atom. The summed E-state index contributed by atoms with van der Waals surface area (Å²) >= 11 is 0. The lowest BCUT2D eigenvalue weighted by Gasteiger charge is -2.25. The van der Waals surface area contributed by atoms with E-state index in [2.05, 4.69) is 5.10 Å². The van der Waals surface area contributed by atoms with Crippen molar-refractivity contribution in [3.8, 4) is 16.9 Å². The lowest BCUT2D eigenvalue weighted by molar-refractivity contribution is 0.475. The van der Waals surface area contributed by atoms with Gasteiger partial charge in [-0.15, -0.1) is 0 Å². The molecule has 0 spiro atoms. The maximum Gasteiger partial charge on any atom is 0.271 e. The Morgan fingerprint density at radius 2 is 1.63 bits per heavy atom. The van der Waals surface area contributed by atoms with Gasteiger partial charge in [0.05, 0.1) is 11.7 Å². The summed E-state index contributed by atoms with van der Waals surface area (Å²) in [6.45, 7) is 5.69.